The van der Waals surface area contributed by atoms with Crippen LogP contribution in [0.4, 0.5) is 0 Å². The zero-order valence-corrected chi connectivity index (χ0v) is 14.7. The number of hydrogen-bond donors (Lipinski definition) is 0. The molecule has 0 saturated heterocycles. The van der Waals surface area contributed by atoms with Crippen molar-refractivity contribution in [3.05, 3.63) is 11.5 Å². The molecule has 4 nitrogen and oxygen atoms in total. The Bertz CT molecular complexity index is 604. The van der Waals surface area contributed by atoms with E-state index in [1.165, 1.54) is 0 Å². The highest BCUT2D eigenvalue weighted by Gasteiger charge is 2.20. The summed E-state index contributed by atoms with van der Waals surface area (Å²) in [7, 11) is 2.02. The van der Waals surface area contributed by atoms with Crippen molar-refractivity contribution >= 4 is 22.8 Å². The van der Waals surface area contributed by atoms with Crippen LogP contribution in [0.25, 0.3) is 11.2 Å². The van der Waals surface area contributed by atoms with Crippen molar-refractivity contribution < 1.29 is 0 Å². The van der Waals surface area contributed by atoms with Gasteiger partial charge in [-0.1, -0.05) is 34.1 Å². The van der Waals surface area contributed by atoms with E-state index in [4.69, 9.17) is 16.6 Å². The van der Waals surface area contributed by atoms with Gasteiger partial charge in [0.2, 0.25) is 0 Å². The van der Waals surface area contributed by atoms with Gasteiger partial charge in [0, 0.05) is 25.9 Å². The lowest BCUT2D eigenvalue weighted by Crippen LogP contribution is -2.14. The molecule has 0 saturated carbocycles. The second-order valence-corrected chi connectivity index (χ2v) is 7.30. The first-order valence-corrected chi connectivity index (χ1v) is 8.37. The molecule has 0 aliphatic carbocycles. The van der Waals surface area contributed by atoms with E-state index in [-0.39, 0.29) is 0 Å². The maximum absolute atomic E-state index is 5.96. The Hall–Kier alpha value is -1.03. The van der Waals surface area contributed by atoms with Gasteiger partial charge in [-0.3, -0.25) is 4.68 Å². The first kappa shape index (κ1) is 16.3. The van der Waals surface area contributed by atoms with Gasteiger partial charge >= 0.3 is 0 Å². The van der Waals surface area contributed by atoms with E-state index in [1.54, 1.807) is 0 Å². The maximum Gasteiger partial charge on any atom is 0.158 e. The fourth-order valence-corrected chi connectivity index (χ4v) is 2.82. The molecule has 2 aromatic heterocycles. The van der Waals surface area contributed by atoms with Crippen LogP contribution in [0.3, 0.4) is 0 Å². The summed E-state index contributed by atoms with van der Waals surface area (Å²) in [5.74, 6) is 1.70. The predicted molar refractivity (Wildman–Crippen MR) is 89.0 cm³/mol. The number of hydrogen-bond acceptors (Lipinski definition) is 2. The smallest absolute Gasteiger partial charge is 0.158 e. The van der Waals surface area contributed by atoms with Crippen LogP contribution in [0.15, 0.2) is 0 Å². The van der Waals surface area contributed by atoms with Gasteiger partial charge in [-0.15, -0.1) is 11.6 Å². The summed E-state index contributed by atoms with van der Waals surface area (Å²) in [6, 6.07) is 0. The molecule has 2 heterocycles. The molecule has 0 aliphatic rings. The molecule has 5 heteroatoms. The highest BCUT2D eigenvalue weighted by atomic mass is 35.5. The minimum absolute atomic E-state index is 0.305. The molecule has 21 heavy (non-hydrogen) atoms. The van der Waals surface area contributed by atoms with E-state index in [0.29, 0.717) is 11.3 Å². The third-order valence-corrected chi connectivity index (χ3v) is 3.95. The lowest BCUT2D eigenvalue weighted by atomic mass is 9.92. The quantitative estimate of drug-likeness (QED) is 0.758. The molecule has 0 atom stereocenters. The third-order valence-electron chi connectivity index (χ3n) is 3.76. The van der Waals surface area contributed by atoms with Crippen molar-refractivity contribution in [2.45, 2.75) is 59.9 Å². The van der Waals surface area contributed by atoms with E-state index in [2.05, 4.69) is 37.4 Å². The summed E-state index contributed by atoms with van der Waals surface area (Å²) in [5, 5.41) is 4.65. The van der Waals surface area contributed by atoms with Crippen LogP contribution in [0.2, 0.25) is 0 Å². The molecule has 0 bridgehead atoms. The average Bonchev–Trinajstić information content (AvgIpc) is 2.87. The van der Waals surface area contributed by atoms with Crippen molar-refractivity contribution in [1.29, 1.82) is 0 Å². The van der Waals surface area contributed by atoms with Crippen LogP contribution in [-0.2, 0) is 26.4 Å². The Balaban J connectivity index is 2.46. The van der Waals surface area contributed by atoms with E-state index in [9.17, 15) is 0 Å². The molecule has 0 unspecified atom stereocenters. The Labute approximate surface area is 132 Å². The average molecular weight is 311 g/mol. The summed E-state index contributed by atoms with van der Waals surface area (Å²) in [4.78, 5) is 4.84. The minimum atomic E-state index is 0.305. The number of nitrogens with zero attached hydrogens (tertiary/aromatic N) is 4. The van der Waals surface area contributed by atoms with Gasteiger partial charge in [-0.05, 0) is 18.3 Å². The number of alkyl halides is 1. The Kier molecular flexibility index (Phi) is 4.97. The predicted octanol–water partition coefficient (Wildman–Crippen LogP) is 3.94. The van der Waals surface area contributed by atoms with Crippen molar-refractivity contribution in [2.24, 2.45) is 12.5 Å². The number of rotatable bonds is 6. The molecule has 0 aromatic carbocycles. The number of fused-ring (bicyclic) bond motifs is 1. The van der Waals surface area contributed by atoms with E-state index < -0.39 is 0 Å². The molecular formula is C16H27ClN4. The maximum atomic E-state index is 5.96. The topological polar surface area (TPSA) is 35.6 Å². The van der Waals surface area contributed by atoms with Gasteiger partial charge in [0.05, 0.1) is 5.69 Å². The first-order valence-electron chi connectivity index (χ1n) is 7.84. The highest BCUT2D eigenvalue weighted by Crippen LogP contribution is 2.25. The summed E-state index contributed by atoms with van der Waals surface area (Å²) < 4.78 is 4.29. The monoisotopic (exact) mass is 310 g/mol. The van der Waals surface area contributed by atoms with Crippen LogP contribution in [0, 0.1) is 5.41 Å². The summed E-state index contributed by atoms with van der Waals surface area (Å²) >= 11 is 5.96. The molecule has 118 valence electrons. The number of aromatic nitrogens is 4. The molecule has 0 radical (unpaired) electrons. The molecule has 0 aliphatic heterocycles. The molecule has 2 aromatic rings. The van der Waals surface area contributed by atoms with E-state index in [0.717, 1.165) is 54.9 Å². The standard InChI is InChI=1S/C16H27ClN4/c1-6-7-12-14-15(20(5)19-12)21(11-9-16(2,3)4)13(18-14)8-10-17/h6-11H2,1-5H3. The van der Waals surface area contributed by atoms with Crippen LogP contribution in [0.1, 0.15) is 52.1 Å². The number of aryl methyl sites for hydroxylation is 4. The minimum Gasteiger partial charge on any atom is -0.313 e. The summed E-state index contributed by atoms with van der Waals surface area (Å²) in [6.07, 6.45) is 3.99. The van der Waals surface area contributed by atoms with Gasteiger partial charge in [-0.2, -0.15) is 5.10 Å². The molecule has 0 spiro atoms. The molecular weight excluding hydrogens is 284 g/mol. The van der Waals surface area contributed by atoms with Crippen molar-refractivity contribution in [3.63, 3.8) is 0 Å². The van der Waals surface area contributed by atoms with Gasteiger partial charge in [0.15, 0.2) is 5.65 Å². The zero-order valence-electron chi connectivity index (χ0n) is 13.9. The second-order valence-electron chi connectivity index (χ2n) is 6.92. The fourth-order valence-electron chi connectivity index (χ4n) is 2.65. The van der Waals surface area contributed by atoms with Crippen LogP contribution < -0.4 is 0 Å². The third kappa shape index (κ3) is 3.60. The van der Waals surface area contributed by atoms with Crippen LogP contribution in [0.5, 0.6) is 0 Å². The Morgan fingerprint density at radius 1 is 1.19 bits per heavy atom. The number of halogens is 1. The SMILES string of the molecule is CCCc1nn(C)c2c1nc(CCCl)n2CCC(C)(C)C. The Morgan fingerprint density at radius 2 is 1.90 bits per heavy atom. The van der Waals surface area contributed by atoms with Gasteiger partial charge in [0.1, 0.15) is 11.3 Å². The molecule has 0 fully saturated rings. The van der Waals surface area contributed by atoms with Crippen molar-refractivity contribution in [2.75, 3.05) is 5.88 Å². The Morgan fingerprint density at radius 3 is 2.48 bits per heavy atom. The lowest BCUT2D eigenvalue weighted by molar-refractivity contribution is 0.349. The normalized spacial score (nSPS) is 12.5. The summed E-state index contributed by atoms with van der Waals surface area (Å²) in [5.41, 5.74) is 3.62. The summed E-state index contributed by atoms with van der Waals surface area (Å²) in [6.45, 7) is 9.96. The van der Waals surface area contributed by atoms with Gasteiger partial charge in [0.25, 0.3) is 0 Å². The second kappa shape index (κ2) is 6.39. The molecule has 0 amide bonds. The van der Waals surface area contributed by atoms with Crippen molar-refractivity contribution in [3.8, 4) is 0 Å². The fraction of sp³-hybridized carbons (Fsp3) is 0.750. The van der Waals surface area contributed by atoms with Gasteiger partial charge in [-0.25, -0.2) is 4.98 Å². The lowest BCUT2D eigenvalue weighted by Gasteiger charge is -2.19. The largest absolute Gasteiger partial charge is 0.313 e. The van der Waals surface area contributed by atoms with Gasteiger partial charge < -0.3 is 4.57 Å². The molecule has 2 rings (SSSR count). The van der Waals surface area contributed by atoms with E-state index in [1.807, 2.05) is 11.7 Å². The van der Waals surface area contributed by atoms with Crippen molar-refractivity contribution in [1.82, 2.24) is 19.3 Å². The van der Waals surface area contributed by atoms with E-state index >= 15 is 0 Å². The zero-order chi connectivity index (χ0) is 15.6. The number of imidazole rings is 1. The molecule has 0 N–H and O–H groups in total. The van der Waals surface area contributed by atoms with Crippen LogP contribution >= 0.6 is 11.6 Å². The highest BCUT2D eigenvalue weighted by molar-refractivity contribution is 6.17. The van der Waals surface area contributed by atoms with Crippen LogP contribution in [-0.4, -0.2) is 25.2 Å². The first-order chi connectivity index (χ1) is 9.87.